The van der Waals surface area contributed by atoms with Gasteiger partial charge in [-0.25, -0.2) is 4.39 Å². The Hall–Kier alpha value is -3.34. The molecule has 0 fully saturated rings. The highest BCUT2D eigenvalue weighted by molar-refractivity contribution is 6.15. The summed E-state index contributed by atoms with van der Waals surface area (Å²) in [4.78, 5) is 31.2. The molecule has 1 amide bonds. The van der Waals surface area contributed by atoms with Crippen LogP contribution in [0.15, 0.2) is 73.1 Å². The van der Waals surface area contributed by atoms with Gasteiger partial charge in [-0.2, -0.15) is 0 Å². The second-order valence-electron chi connectivity index (χ2n) is 5.90. The number of rotatable bonds is 5. The fourth-order valence-corrected chi connectivity index (χ4v) is 2.67. The molecular weight excluding hydrogens is 331 g/mol. The molecule has 3 aromatic rings. The van der Waals surface area contributed by atoms with Crippen molar-refractivity contribution in [3.8, 4) is 0 Å². The molecule has 0 bridgehead atoms. The zero-order chi connectivity index (χ0) is 18.5. The highest BCUT2D eigenvalue weighted by Crippen LogP contribution is 2.17. The topological polar surface area (TPSA) is 50.3 Å². The van der Waals surface area contributed by atoms with Gasteiger partial charge in [0.25, 0.3) is 5.91 Å². The molecule has 0 spiro atoms. The molecule has 0 atom stereocenters. The zero-order valence-electron chi connectivity index (χ0n) is 14.2. The normalized spacial score (nSPS) is 10.4. The maximum absolute atomic E-state index is 13.1. The number of amides is 1. The van der Waals surface area contributed by atoms with Crippen molar-refractivity contribution in [1.82, 2.24) is 9.88 Å². The number of pyridine rings is 1. The summed E-state index contributed by atoms with van der Waals surface area (Å²) in [6.07, 6.45) is 3.36. The minimum atomic E-state index is -0.415. The van der Waals surface area contributed by atoms with Crippen LogP contribution < -0.4 is 0 Å². The quantitative estimate of drug-likeness (QED) is 0.660. The van der Waals surface area contributed by atoms with Crippen LogP contribution in [0.5, 0.6) is 0 Å². The summed E-state index contributed by atoms with van der Waals surface area (Å²) >= 11 is 0. The zero-order valence-corrected chi connectivity index (χ0v) is 14.2. The number of ketones is 1. The Morgan fingerprint density at radius 3 is 2.31 bits per heavy atom. The molecule has 0 unspecified atom stereocenters. The van der Waals surface area contributed by atoms with Gasteiger partial charge in [0.15, 0.2) is 5.78 Å². The van der Waals surface area contributed by atoms with Gasteiger partial charge in [-0.05, 0) is 42.0 Å². The van der Waals surface area contributed by atoms with E-state index < -0.39 is 5.82 Å². The van der Waals surface area contributed by atoms with E-state index in [1.165, 1.54) is 29.2 Å². The minimum absolute atomic E-state index is 0.264. The lowest BCUT2D eigenvalue weighted by molar-refractivity contribution is 0.0780. The summed E-state index contributed by atoms with van der Waals surface area (Å²) in [5.74, 6) is -0.995. The van der Waals surface area contributed by atoms with Crippen LogP contribution in [0.3, 0.4) is 0 Å². The van der Waals surface area contributed by atoms with Crippen molar-refractivity contribution < 1.29 is 14.0 Å². The molecule has 26 heavy (non-hydrogen) atoms. The number of benzene rings is 2. The molecule has 3 rings (SSSR count). The maximum atomic E-state index is 13.1. The third-order valence-corrected chi connectivity index (χ3v) is 4.00. The third-order valence-electron chi connectivity index (χ3n) is 4.00. The summed E-state index contributed by atoms with van der Waals surface area (Å²) in [5, 5.41) is 0. The number of carbonyl (C=O) groups excluding carboxylic acids is 2. The number of halogens is 1. The van der Waals surface area contributed by atoms with Crippen molar-refractivity contribution in [2.45, 2.75) is 6.54 Å². The van der Waals surface area contributed by atoms with E-state index in [1.54, 1.807) is 49.8 Å². The monoisotopic (exact) mass is 348 g/mol. The van der Waals surface area contributed by atoms with E-state index in [2.05, 4.69) is 4.98 Å². The van der Waals surface area contributed by atoms with Gasteiger partial charge in [-0.15, -0.1) is 0 Å². The lowest BCUT2D eigenvalue weighted by atomic mass is 9.97. The Morgan fingerprint density at radius 1 is 0.962 bits per heavy atom. The molecule has 2 aromatic carbocycles. The second kappa shape index (κ2) is 7.70. The fraction of sp³-hybridized carbons (Fsp3) is 0.0952. The summed E-state index contributed by atoms with van der Waals surface area (Å²) in [6.45, 7) is 0.381. The Balaban J connectivity index is 1.87. The summed E-state index contributed by atoms with van der Waals surface area (Å²) < 4.78 is 13.1. The maximum Gasteiger partial charge on any atom is 0.254 e. The molecule has 0 aliphatic heterocycles. The lowest BCUT2D eigenvalue weighted by Gasteiger charge is -2.18. The minimum Gasteiger partial charge on any atom is -0.337 e. The van der Waals surface area contributed by atoms with Crippen LogP contribution in [-0.4, -0.2) is 28.6 Å². The number of nitrogens with zero attached hydrogens (tertiary/aromatic N) is 2. The van der Waals surface area contributed by atoms with Crippen LogP contribution in [0.1, 0.15) is 31.8 Å². The molecule has 0 radical (unpaired) electrons. The summed E-state index contributed by atoms with van der Waals surface area (Å²) in [5.41, 5.74) is 1.84. The first-order valence-electron chi connectivity index (χ1n) is 8.10. The SMILES string of the molecule is CN(Cc1cccnc1)C(=O)c1ccccc1C(=O)c1ccc(F)cc1. The fourth-order valence-electron chi connectivity index (χ4n) is 2.67. The van der Waals surface area contributed by atoms with E-state index in [4.69, 9.17) is 0 Å². The van der Waals surface area contributed by atoms with E-state index in [0.29, 0.717) is 23.2 Å². The molecular formula is C21H17FN2O2. The first-order valence-corrected chi connectivity index (χ1v) is 8.10. The van der Waals surface area contributed by atoms with Gasteiger partial charge in [-0.3, -0.25) is 14.6 Å². The van der Waals surface area contributed by atoms with Gasteiger partial charge in [0.05, 0.1) is 5.56 Å². The molecule has 1 aromatic heterocycles. The largest absolute Gasteiger partial charge is 0.337 e. The smallest absolute Gasteiger partial charge is 0.254 e. The molecule has 0 aliphatic rings. The van der Waals surface area contributed by atoms with E-state index >= 15 is 0 Å². The molecule has 1 heterocycles. The predicted molar refractivity (Wildman–Crippen MR) is 96.3 cm³/mol. The van der Waals surface area contributed by atoms with Gasteiger partial charge >= 0.3 is 0 Å². The van der Waals surface area contributed by atoms with E-state index in [9.17, 15) is 14.0 Å². The van der Waals surface area contributed by atoms with Gasteiger partial charge in [0, 0.05) is 37.1 Å². The number of hydrogen-bond acceptors (Lipinski definition) is 3. The van der Waals surface area contributed by atoms with Crippen molar-refractivity contribution in [3.05, 3.63) is 101 Å². The molecule has 0 N–H and O–H groups in total. The number of carbonyl (C=O) groups is 2. The van der Waals surface area contributed by atoms with Crippen LogP contribution in [0.25, 0.3) is 0 Å². The molecule has 4 nitrogen and oxygen atoms in total. The van der Waals surface area contributed by atoms with Crippen LogP contribution in [0, 0.1) is 5.82 Å². The van der Waals surface area contributed by atoms with Gasteiger partial charge in [0.2, 0.25) is 0 Å². The summed E-state index contributed by atoms with van der Waals surface area (Å²) in [6, 6.07) is 15.6. The Bertz CT molecular complexity index is 924. The first-order chi connectivity index (χ1) is 12.6. The third kappa shape index (κ3) is 3.83. The van der Waals surface area contributed by atoms with Crippen LogP contribution in [0.4, 0.5) is 4.39 Å². The predicted octanol–water partition coefficient (Wildman–Crippen LogP) is 3.72. The van der Waals surface area contributed by atoms with E-state index in [1.807, 2.05) is 6.07 Å². The molecule has 0 saturated carbocycles. The van der Waals surface area contributed by atoms with Gasteiger partial charge < -0.3 is 4.90 Å². The van der Waals surface area contributed by atoms with E-state index in [-0.39, 0.29) is 11.7 Å². The van der Waals surface area contributed by atoms with Crippen LogP contribution in [0.2, 0.25) is 0 Å². The Morgan fingerprint density at radius 2 is 1.65 bits per heavy atom. The highest BCUT2D eigenvalue weighted by atomic mass is 19.1. The molecule has 0 saturated heterocycles. The number of hydrogen-bond donors (Lipinski definition) is 0. The Kier molecular flexibility index (Phi) is 5.17. The van der Waals surface area contributed by atoms with Crippen molar-refractivity contribution in [2.75, 3.05) is 7.05 Å². The van der Waals surface area contributed by atoms with Crippen LogP contribution >= 0.6 is 0 Å². The van der Waals surface area contributed by atoms with Crippen molar-refractivity contribution in [2.24, 2.45) is 0 Å². The average Bonchev–Trinajstić information content (AvgIpc) is 2.68. The van der Waals surface area contributed by atoms with Gasteiger partial charge in [-0.1, -0.05) is 24.3 Å². The second-order valence-corrected chi connectivity index (χ2v) is 5.90. The lowest BCUT2D eigenvalue weighted by Crippen LogP contribution is -2.28. The summed E-state index contributed by atoms with van der Waals surface area (Å²) in [7, 11) is 1.68. The highest BCUT2D eigenvalue weighted by Gasteiger charge is 2.20. The van der Waals surface area contributed by atoms with Crippen molar-refractivity contribution in [1.29, 1.82) is 0 Å². The number of aromatic nitrogens is 1. The molecule has 5 heteroatoms. The average molecular weight is 348 g/mol. The first kappa shape index (κ1) is 17.5. The van der Waals surface area contributed by atoms with Crippen molar-refractivity contribution in [3.63, 3.8) is 0 Å². The van der Waals surface area contributed by atoms with E-state index in [0.717, 1.165) is 5.56 Å². The standard InChI is InChI=1S/C21H17FN2O2/c1-24(14-15-5-4-12-23-13-15)21(26)19-7-3-2-6-18(19)20(25)16-8-10-17(22)11-9-16/h2-13H,14H2,1H3. The Labute approximate surface area is 150 Å². The van der Waals surface area contributed by atoms with Crippen LogP contribution in [-0.2, 0) is 6.54 Å². The molecule has 0 aliphatic carbocycles. The molecule has 130 valence electrons. The van der Waals surface area contributed by atoms with Gasteiger partial charge in [0.1, 0.15) is 5.82 Å². The van der Waals surface area contributed by atoms with Crippen molar-refractivity contribution >= 4 is 11.7 Å².